The van der Waals surface area contributed by atoms with E-state index >= 15 is 0 Å². The number of carbonyl (C=O) groups is 3. The normalized spacial score (nSPS) is 10.7. The van der Waals surface area contributed by atoms with E-state index in [1.54, 1.807) is 0 Å². The first-order chi connectivity index (χ1) is 14.1. The lowest BCUT2D eigenvalue weighted by Crippen LogP contribution is -2.27. The van der Waals surface area contributed by atoms with Crippen molar-refractivity contribution in [3.05, 3.63) is 0 Å². The largest absolute Gasteiger partial charge is 0.481 e. The number of amides is 2. The maximum absolute atomic E-state index is 11.4. The lowest BCUT2D eigenvalue weighted by atomic mass is 10.2. The van der Waals surface area contributed by atoms with E-state index in [1.165, 1.54) is 0 Å². The van der Waals surface area contributed by atoms with Gasteiger partial charge in [-0.25, -0.2) is 0 Å². The third-order valence-corrected chi connectivity index (χ3v) is 3.52. The average Bonchev–Trinajstić information content (AvgIpc) is 2.69. The molecule has 0 saturated heterocycles. The van der Waals surface area contributed by atoms with Crippen LogP contribution in [0.4, 0.5) is 0 Å². The summed E-state index contributed by atoms with van der Waals surface area (Å²) in [6, 6.07) is 0. The molecule has 0 saturated carbocycles. The van der Waals surface area contributed by atoms with Crippen LogP contribution in [0.5, 0.6) is 0 Å². The predicted octanol–water partition coefficient (Wildman–Crippen LogP) is 0.340. The van der Waals surface area contributed by atoms with Crippen molar-refractivity contribution in [2.45, 2.75) is 39.0 Å². The van der Waals surface area contributed by atoms with E-state index in [-0.39, 0.29) is 24.7 Å². The maximum atomic E-state index is 11.4. The molecule has 0 bridgehead atoms. The fourth-order valence-corrected chi connectivity index (χ4v) is 2.03. The molecule has 0 unspecified atom stereocenters. The van der Waals surface area contributed by atoms with Gasteiger partial charge in [-0.2, -0.15) is 0 Å². The van der Waals surface area contributed by atoms with Crippen LogP contribution in [0.2, 0.25) is 0 Å². The zero-order valence-electron chi connectivity index (χ0n) is 17.4. The van der Waals surface area contributed by atoms with Gasteiger partial charge in [-0.05, 0) is 12.8 Å². The van der Waals surface area contributed by atoms with Gasteiger partial charge < -0.3 is 34.7 Å². The van der Waals surface area contributed by atoms with E-state index in [0.29, 0.717) is 78.8 Å². The van der Waals surface area contributed by atoms with Crippen LogP contribution < -0.4 is 10.6 Å². The molecule has 0 aromatic carbocycles. The molecule has 0 rings (SSSR count). The van der Waals surface area contributed by atoms with Gasteiger partial charge in [-0.15, -0.1) is 0 Å². The van der Waals surface area contributed by atoms with E-state index in [1.807, 2.05) is 6.92 Å². The summed E-state index contributed by atoms with van der Waals surface area (Å²) >= 11 is 0. The lowest BCUT2D eigenvalue weighted by Gasteiger charge is -2.08. The van der Waals surface area contributed by atoms with Crippen LogP contribution in [0.3, 0.4) is 0 Å². The number of ether oxygens (including phenoxy) is 4. The number of nitrogens with one attached hydrogen (secondary N) is 2. The summed E-state index contributed by atoms with van der Waals surface area (Å²) < 4.78 is 21.3. The molecule has 29 heavy (non-hydrogen) atoms. The number of rotatable bonds is 21. The summed E-state index contributed by atoms with van der Waals surface area (Å²) in [5.41, 5.74) is 0. The van der Waals surface area contributed by atoms with Gasteiger partial charge in [0.05, 0.1) is 52.9 Å². The second-order valence-electron chi connectivity index (χ2n) is 6.15. The van der Waals surface area contributed by atoms with E-state index in [4.69, 9.17) is 24.1 Å². The quantitative estimate of drug-likeness (QED) is 0.227. The number of aliphatic carboxylic acids is 1. The van der Waals surface area contributed by atoms with Gasteiger partial charge in [0, 0.05) is 32.4 Å². The number of carbonyl (C=O) groups excluding carboxylic acids is 2. The summed E-state index contributed by atoms with van der Waals surface area (Å²) in [6.45, 7) is 6.47. The first-order valence-electron chi connectivity index (χ1n) is 10.1. The molecule has 0 heterocycles. The van der Waals surface area contributed by atoms with Gasteiger partial charge in [0.25, 0.3) is 0 Å². The van der Waals surface area contributed by atoms with E-state index in [2.05, 4.69) is 10.6 Å². The lowest BCUT2D eigenvalue weighted by molar-refractivity contribution is -0.137. The van der Waals surface area contributed by atoms with Crippen molar-refractivity contribution in [3.8, 4) is 0 Å². The molecule has 0 aliphatic heterocycles. The van der Waals surface area contributed by atoms with Crippen molar-refractivity contribution < 1.29 is 38.4 Å². The van der Waals surface area contributed by atoms with E-state index in [0.717, 1.165) is 6.42 Å². The van der Waals surface area contributed by atoms with E-state index < -0.39 is 5.97 Å². The number of hydrogen-bond donors (Lipinski definition) is 3. The van der Waals surface area contributed by atoms with Crippen LogP contribution in [-0.4, -0.2) is 88.8 Å². The molecule has 0 radical (unpaired) electrons. The SMILES string of the molecule is CCCNC(=O)CCOCCOCCOCCOCCNC(=O)CCCC(=O)O. The molecule has 170 valence electrons. The fraction of sp³-hybridized carbons (Fsp3) is 0.842. The Morgan fingerprint density at radius 3 is 1.69 bits per heavy atom. The molecule has 10 heteroatoms. The predicted molar refractivity (Wildman–Crippen MR) is 106 cm³/mol. The van der Waals surface area contributed by atoms with Crippen molar-refractivity contribution in [1.29, 1.82) is 0 Å². The molecular weight excluding hydrogens is 384 g/mol. The fourth-order valence-electron chi connectivity index (χ4n) is 2.03. The molecule has 0 spiro atoms. The minimum absolute atomic E-state index is 0.00140. The standard InChI is InChI=1S/C19H36N2O8/c1-2-7-20-18(23)6-9-26-11-13-28-15-16-29-14-12-27-10-8-21-17(22)4-3-5-19(24)25/h2-16H2,1H3,(H,20,23)(H,21,22)(H,24,25). The Balaban J connectivity index is 3.17. The van der Waals surface area contributed by atoms with Crippen LogP contribution in [0, 0.1) is 0 Å². The molecule has 0 aliphatic rings. The van der Waals surface area contributed by atoms with Gasteiger partial charge in [0.1, 0.15) is 0 Å². The number of carboxylic acid groups (broad SMARTS) is 1. The Kier molecular flexibility index (Phi) is 19.7. The first kappa shape index (κ1) is 27.2. The van der Waals surface area contributed by atoms with Gasteiger partial charge in [0.15, 0.2) is 0 Å². The monoisotopic (exact) mass is 420 g/mol. The Morgan fingerprint density at radius 1 is 0.655 bits per heavy atom. The minimum atomic E-state index is -0.900. The Labute approximate surface area is 172 Å². The summed E-state index contributed by atoms with van der Waals surface area (Å²) in [4.78, 5) is 33.0. The van der Waals surface area contributed by atoms with Gasteiger partial charge in [-0.1, -0.05) is 6.92 Å². The van der Waals surface area contributed by atoms with Gasteiger partial charge in [0.2, 0.25) is 11.8 Å². The van der Waals surface area contributed by atoms with Crippen molar-refractivity contribution in [1.82, 2.24) is 10.6 Å². The van der Waals surface area contributed by atoms with Crippen molar-refractivity contribution in [2.75, 3.05) is 65.9 Å². The van der Waals surface area contributed by atoms with Crippen LogP contribution in [0.15, 0.2) is 0 Å². The second kappa shape index (κ2) is 21.0. The van der Waals surface area contributed by atoms with Gasteiger partial charge >= 0.3 is 5.97 Å². The first-order valence-corrected chi connectivity index (χ1v) is 10.1. The summed E-state index contributed by atoms with van der Waals surface area (Å²) in [5.74, 6) is -1.07. The summed E-state index contributed by atoms with van der Waals surface area (Å²) in [6.07, 6.45) is 1.81. The summed E-state index contributed by atoms with van der Waals surface area (Å²) in [5, 5.41) is 13.9. The van der Waals surface area contributed by atoms with Crippen LogP contribution in [-0.2, 0) is 33.3 Å². The van der Waals surface area contributed by atoms with Crippen molar-refractivity contribution in [2.24, 2.45) is 0 Å². The molecule has 10 nitrogen and oxygen atoms in total. The molecule has 0 aromatic heterocycles. The third kappa shape index (κ3) is 22.4. The highest BCUT2D eigenvalue weighted by Crippen LogP contribution is 1.94. The van der Waals surface area contributed by atoms with Crippen LogP contribution in [0.1, 0.15) is 39.0 Å². The topological polar surface area (TPSA) is 132 Å². The van der Waals surface area contributed by atoms with Crippen LogP contribution >= 0.6 is 0 Å². The number of hydrogen-bond acceptors (Lipinski definition) is 7. The average molecular weight is 421 g/mol. The number of carboxylic acids is 1. The molecule has 0 aromatic rings. The highest BCUT2D eigenvalue weighted by molar-refractivity contribution is 5.76. The zero-order valence-corrected chi connectivity index (χ0v) is 17.4. The summed E-state index contributed by atoms with van der Waals surface area (Å²) in [7, 11) is 0. The Bertz CT molecular complexity index is 434. The van der Waals surface area contributed by atoms with Crippen molar-refractivity contribution >= 4 is 17.8 Å². The van der Waals surface area contributed by atoms with Crippen LogP contribution in [0.25, 0.3) is 0 Å². The maximum Gasteiger partial charge on any atom is 0.303 e. The highest BCUT2D eigenvalue weighted by atomic mass is 16.6. The molecule has 2 amide bonds. The second-order valence-corrected chi connectivity index (χ2v) is 6.15. The van der Waals surface area contributed by atoms with E-state index in [9.17, 15) is 14.4 Å². The Hall–Kier alpha value is -1.75. The third-order valence-electron chi connectivity index (χ3n) is 3.52. The Morgan fingerprint density at radius 2 is 1.14 bits per heavy atom. The smallest absolute Gasteiger partial charge is 0.303 e. The molecule has 0 aliphatic carbocycles. The molecule has 0 atom stereocenters. The molecule has 3 N–H and O–H groups in total. The molecule has 0 fully saturated rings. The molecular formula is C19H36N2O8. The highest BCUT2D eigenvalue weighted by Gasteiger charge is 2.03. The van der Waals surface area contributed by atoms with Crippen molar-refractivity contribution in [3.63, 3.8) is 0 Å². The van der Waals surface area contributed by atoms with Gasteiger partial charge in [-0.3, -0.25) is 14.4 Å². The zero-order chi connectivity index (χ0) is 21.6. The minimum Gasteiger partial charge on any atom is -0.481 e.